The van der Waals surface area contributed by atoms with E-state index >= 15 is 0 Å². The SMILES string of the molecule is CCc1ccc2nc(C(c3ccc(C)c(C)c3)n3cnc(CCN4CCCC4)c3)sc2c1. The second-order valence-electron chi connectivity index (χ2n) is 9.06. The van der Waals surface area contributed by atoms with Gasteiger partial charge in [0.15, 0.2) is 0 Å². The van der Waals surface area contributed by atoms with Gasteiger partial charge in [-0.2, -0.15) is 0 Å². The standard InChI is InChI=1S/C27H32N4S/c1-4-21-8-10-24-25(16-21)32-27(29-24)26(22-9-7-19(2)20(3)15-22)31-17-23(28-18-31)11-14-30-12-5-6-13-30/h7-10,15-18,26H,4-6,11-14H2,1-3H3. The highest BCUT2D eigenvalue weighted by atomic mass is 32.1. The molecule has 4 nitrogen and oxygen atoms in total. The van der Waals surface area contributed by atoms with E-state index in [9.17, 15) is 0 Å². The quantitative estimate of drug-likeness (QED) is 0.353. The molecule has 1 aliphatic rings. The van der Waals surface area contributed by atoms with Gasteiger partial charge in [0.25, 0.3) is 0 Å². The van der Waals surface area contributed by atoms with Crippen molar-refractivity contribution in [3.63, 3.8) is 0 Å². The first-order valence-corrected chi connectivity index (χ1v) is 12.6. The average molecular weight is 445 g/mol. The number of rotatable bonds is 7. The fourth-order valence-corrected chi connectivity index (χ4v) is 5.80. The molecule has 0 bridgehead atoms. The predicted octanol–water partition coefficient (Wildman–Crippen LogP) is 5.95. The van der Waals surface area contributed by atoms with Crippen LogP contribution in [0.5, 0.6) is 0 Å². The summed E-state index contributed by atoms with van der Waals surface area (Å²) in [5.41, 5.74) is 7.52. The molecule has 32 heavy (non-hydrogen) atoms. The molecule has 5 rings (SSSR count). The van der Waals surface area contributed by atoms with Gasteiger partial charge < -0.3 is 9.47 Å². The van der Waals surface area contributed by atoms with Crippen molar-refractivity contribution in [1.82, 2.24) is 19.4 Å². The van der Waals surface area contributed by atoms with Crippen molar-refractivity contribution in [2.24, 2.45) is 0 Å². The van der Waals surface area contributed by atoms with E-state index in [0.717, 1.165) is 29.9 Å². The van der Waals surface area contributed by atoms with Crippen LogP contribution < -0.4 is 0 Å². The van der Waals surface area contributed by atoms with Crippen LogP contribution >= 0.6 is 11.3 Å². The van der Waals surface area contributed by atoms with Gasteiger partial charge in [0.2, 0.25) is 0 Å². The number of likely N-dealkylation sites (tertiary alicyclic amines) is 1. The van der Waals surface area contributed by atoms with Crippen molar-refractivity contribution < 1.29 is 0 Å². The normalized spacial score (nSPS) is 15.6. The first-order chi connectivity index (χ1) is 15.6. The number of aromatic nitrogens is 3. The van der Waals surface area contributed by atoms with E-state index in [1.807, 2.05) is 17.7 Å². The fourth-order valence-electron chi connectivity index (χ4n) is 4.63. The summed E-state index contributed by atoms with van der Waals surface area (Å²) in [5.74, 6) is 0. The number of benzene rings is 2. The molecule has 3 heterocycles. The van der Waals surface area contributed by atoms with Crippen LogP contribution in [0.3, 0.4) is 0 Å². The number of nitrogens with zero attached hydrogens (tertiary/aromatic N) is 4. The second-order valence-corrected chi connectivity index (χ2v) is 10.1. The number of imidazole rings is 1. The molecule has 1 aliphatic heterocycles. The molecule has 1 atom stereocenters. The van der Waals surface area contributed by atoms with Gasteiger partial charge in [0.1, 0.15) is 11.0 Å². The molecule has 5 heteroatoms. The molecule has 0 amide bonds. The zero-order valence-corrected chi connectivity index (χ0v) is 20.2. The topological polar surface area (TPSA) is 34.0 Å². The molecule has 0 radical (unpaired) electrons. The molecule has 0 spiro atoms. The Balaban J connectivity index is 1.51. The molecule has 0 saturated carbocycles. The molecule has 4 aromatic rings. The predicted molar refractivity (Wildman–Crippen MR) is 134 cm³/mol. The lowest BCUT2D eigenvalue weighted by Crippen LogP contribution is -2.22. The largest absolute Gasteiger partial charge is 0.323 e. The minimum absolute atomic E-state index is 0.0461. The van der Waals surface area contributed by atoms with Crippen molar-refractivity contribution >= 4 is 21.6 Å². The Kier molecular flexibility index (Phi) is 6.11. The third kappa shape index (κ3) is 4.37. The first kappa shape index (κ1) is 21.4. The van der Waals surface area contributed by atoms with Crippen LogP contribution in [0.4, 0.5) is 0 Å². The summed E-state index contributed by atoms with van der Waals surface area (Å²) in [6, 6.07) is 13.5. The summed E-state index contributed by atoms with van der Waals surface area (Å²) < 4.78 is 3.53. The lowest BCUT2D eigenvalue weighted by atomic mass is 10.0. The van der Waals surface area contributed by atoms with Gasteiger partial charge in [0.05, 0.1) is 22.2 Å². The summed E-state index contributed by atoms with van der Waals surface area (Å²) in [4.78, 5) is 12.4. The van der Waals surface area contributed by atoms with E-state index < -0.39 is 0 Å². The van der Waals surface area contributed by atoms with Gasteiger partial charge >= 0.3 is 0 Å². The van der Waals surface area contributed by atoms with E-state index in [-0.39, 0.29) is 6.04 Å². The fraction of sp³-hybridized carbons (Fsp3) is 0.407. The highest BCUT2D eigenvalue weighted by molar-refractivity contribution is 7.18. The highest BCUT2D eigenvalue weighted by Crippen LogP contribution is 2.34. The Morgan fingerprint density at radius 2 is 1.88 bits per heavy atom. The highest BCUT2D eigenvalue weighted by Gasteiger charge is 2.22. The molecule has 2 aromatic carbocycles. The van der Waals surface area contributed by atoms with Crippen molar-refractivity contribution in [1.29, 1.82) is 0 Å². The summed E-state index contributed by atoms with van der Waals surface area (Å²) in [5, 5.41) is 1.12. The van der Waals surface area contributed by atoms with Gasteiger partial charge in [0, 0.05) is 19.2 Å². The maximum Gasteiger partial charge on any atom is 0.121 e. The third-order valence-corrected chi connectivity index (χ3v) is 7.86. The van der Waals surface area contributed by atoms with Crippen LogP contribution in [-0.4, -0.2) is 39.1 Å². The molecule has 2 aromatic heterocycles. The van der Waals surface area contributed by atoms with Gasteiger partial charge in [-0.05, 0) is 80.6 Å². The van der Waals surface area contributed by atoms with Crippen molar-refractivity contribution in [3.05, 3.63) is 81.9 Å². The molecule has 166 valence electrons. The van der Waals surface area contributed by atoms with E-state index in [1.54, 1.807) is 0 Å². The number of aryl methyl sites for hydroxylation is 3. The molecule has 1 unspecified atom stereocenters. The lowest BCUT2D eigenvalue weighted by Gasteiger charge is -2.18. The monoisotopic (exact) mass is 444 g/mol. The van der Waals surface area contributed by atoms with Crippen molar-refractivity contribution in [3.8, 4) is 0 Å². The zero-order valence-electron chi connectivity index (χ0n) is 19.3. The molecule has 0 aliphatic carbocycles. The van der Waals surface area contributed by atoms with Crippen LogP contribution in [0.25, 0.3) is 10.2 Å². The molecular formula is C27H32N4S. The van der Waals surface area contributed by atoms with Crippen molar-refractivity contribution in [2.45, 2.75) is 52.5 Å². The van der Waals surface area contributed by atoms with Gasteiger partial charge in [-0.25, -0.2) is 9.97 Å². The van der Waals surface area contributed by atoms with E-state index in [4.69, 9.17) is 9.97 Å². The Morgan fingerprint density at radius 3 is 2.66 bits per heavy atom. The zero-order chi connectivity index (χ0) is 22.1. The van der Waals surface area contributed by atoms with Crippen molar-refractivity contribution in [2.75, 3.05) is 19.6 Å². The van der Waals surface area contributed by atoms with Gasteiger partial charge in [-0.15, -0.1) is 11.3 Å². The van der Waals surface area contributed by atoms with Crippen LogP contribution in [0.1, 0.15) is 58.8 Å². The number of fused-ring (bicyclic) bond motifs is 1. The van der Waals surface area contributed by atoms with E-state index in [1.165, 1.54) is 58.6 Å². The smallest absolute Gasteiger partial charge is 0.121 e. The Hall–Kier alpha value is -2.50. The first-order valence-electron chi connectivity index (χ1n) is 11.8. The number of hydrogen-bond donors (Lipinski definition) is 0. The van der Waals surface area contributed by atoms with Gasteiger partial charge in [-0.1, -0.05) is 31.2 Å². The lowest BCUT2D eigenvalue weighted by molar-refractivity contribution is 0.342. The van der Waals surface area contributed by atoms with E-state index in [0.29, 0.717) is 0 Å². The maximum atomic E-state index is 5.07. The van der Waals surface area contributed by atoms with Crippen LogP contribution in [0, 0.1) is 13.8 Å². The summed E-state index contributed by atoms with van der Waals surface area (Å²) in [6.07, 6.45) is 8.96. The van der Waals surface area contributed by atoms with E-state index in [2.05, 4.69) is 72.8 Å². The Labute approximate surface area is 194 Å². The van der Waals surface area contributed by atoms with Crippen LogP contribution in [0.15, 0.2) is 48.9 Å². The van der Waals surface area contributed by atoms with Crippen LogP contribution in [-0.2, 0) is 12.8 Å². The number of thiazole rings is 1. The Morgan fingerprint density at radius 1 is 1.03 bits per heavy atom. The third-order valence-electron chi connectivity index (χ3n) is 6.79. The summed E-state index contributed by atoms with van der Waals surface area (Å²) in [7, 11) is 0. The summed E-state index contributed by atoms with van der Waals surface area (Å²) in [6.45, 7) is 10.1. The van der Waals surface area contributed by atoms with Gasteiger partial charge in [-0.3, -0.25) is 0 Å². The Bertz CT molecular complexity index is 1220. The minimum Gasteiger partial charge on any atom is -0.323 e. The van der Waals surface area contributed by atoms with Crippen LogP contribution in [0.2, 0.25) is 0 Å². The molecule has 1 fully saturated rings. The molecule has 1 saturated heterocycles. The molecule has 0 N–H and O–H groups in total. The minimum atomic E-state index is 0.0461. The number of hydrogen-bond acceptors (Lipinski definition) is 4. The maximum absolute atomic E-state index is 5.07. The molecular weight excluding hydrogens is 412 g/mol. The second kappa shape index (κ2) is 9.16. The summed E-state index contributed by atoms with van der Waals surface area (Å²) >= 11 is 1.81. The average Bonchev–Trinajstić information content (AvgIpc) is 3.55.